The van der Waals surface area contributed by atoms with Crippen LogP contribution in [0.2, 0.25) is 0 Å². The molecule has 0 saturated carbocycles. The van der Waals surface area contributed by atoms with Crippen LogP contribution in [-0.4, -0.2) is 56.9 Å². The van der Waals surface area contributed by atoms with Gasteiger partial charge in [-0.3, -0.25) is 14.2 Å². The molecule has 0 saturated heterocycles. The third kappa shape index (κ3) is 5.16. The van der Waals surface area contributed by atoms with E-state index in [1.165, 1.54) is 11.3 Å². The number of aromatic nitrogens is 1. The van der Waals surface area contributed by atoms with Gasteiger partial charge in [-0.05, 0) is 62.7 Å². The van der Waals surface area contributed by atoms with Gasteiger partial charge in [0, 0.05) is 18.7 Å². The topological polar surface area (TPSA) is 91.6 Å². The smallest absolute Gasteiger partial charge is 0.271 e. The molecule has 0 N–H and O–H groups in total. The van der Waals surface area contributed by atoms with Gasteiger partial charge in [0.25, 0.3) is 11.5 Å². The Kier molecular flexibility index (Phi) is 8.44. The van der Waals surface area contributed by atoms with Crippen molar-refractivity contribution in [3.63, 3.8) is 0 Å². The molecule has 2 heterocycles. The van der Waals surface area contributed by atoms with E-state index in [2.05, 4.69) is 0 Å². The minimum absolute atomic E-state index is 0.176. The van der Waals surface area contributed by atoms with Crippen molar-refractivity contribution < 1.29 is 23.7 Å². The predicted octanol–water partition coefficient (Wildman–Crippen LogP) is 3.14. The average Bonchev–Trinajstić information content (AvgIpc) is 3.26. The molecule has 1 aliphatic rings. The maximum absolute atomic E-state index is 14.0. The number of allylic oxidation sites excluding steroid dienone is 1. The summed E-state index contributed by atoms with van der Waals surface area (Å²) in [5, 5.41) is 0. The van der Waals surface area contributed by atoms with Crippen LogP contribution in [0.25, 0.3) is 6.08 Å². The standard InChI is InChI=1S/C29H33N3O6S/c1-8-31(9-2)28(34)25-17(3)30-29-32(26(25)20-16-19(35-4)11-13-21(20)36-5)27(33)24(39-29)15-18-10-12-22(37-6)23(14-18)38-7/h10-16,26H,8-9H2,1-7H3/b24-15-. The Balaban J connectivity index is 2.00. The predicted molar refractivity (Wildman–Crippen MR) is 151 cm³/mol. The maximum atomic E-state index is 14.0. The number of hydrogen-bond donors (Lipinski definition) is 0. The van der Waals surface area contributed by atoms with Crippen molar-refractivity contribution in [3.8, 4) is 23.0 Å². The van der Waals surface area contributed by atoms with E-state index in [4.69, 9.17) is 23.9 Å². The quantitative estimate of drug-likeness (QED) is 0.406. The number of carbonyl (C=O) groups excluding carboxylic acids is 1. The molecule has 2 aromatic carbocycles. The van der Waals surface area contributed by atoms with Crippen LogP contribution in [0.15, 0.2) is 57.5 Å². The van der Waals surface area contributed by atoms with Gasteiger partial charge in [-0.1, -0.05) is 17.4 Å². The van der Waals surface area contributed by atoms with Crippen LogP contribution in [0.5, 0.6) is 23.0 Å². The highest BCUT2D eigenvalue weighted by molar-refractivity contribution is 7.07. The zero-order valence-electron chi connectivity index (χ0n) is 23.2. The summed E-state index contributed by atoms with van der Waals surface area (Å²) < 4.78 is 24.0. The molecule has 0 radical (unpaired) electrons. The van der Waals surface area contributed by atoms with Gasteiger partial charge < -0.3 is 23.8 Å². The summed E-state index contributed by atoms with van der Waals surface area (Å²) in [4.78, 5) is 34.8. The Morgan fingerprint density at radius 2 is 1.64 bits per heavy atom. The minimum atomic E-state index is -0.757. The van der Waals surface area contributed by atoms with E-state index in [0.29, 0.717) is 62.3 Å². The number of thiazole rings is 1. The van der Waals surface area contributed by atoms with E-state index >= 15 is 0 Å². The van der Waals surface area contributed by atoms with Gasteiger partial charge >= 0.3 is 0 Å². The highest BCUT2D eigenvalue weighted by atomic mass is 32.1. The lowest BCUT2D eigenvalue weighted by Gasteiger charge is -2.30. The van der Waals surface area contributed by atoms with E-state index in [0.717, 1.165) is 5.56 Å². The molecule has 0 spiro atoms. The third-order valence-corrected chi connectivity index (χ3v) is 7.72. The molecule has 1 aromatic heterocycles. The zero-order chi connectivity index (χ0) is 28.3. The fourth-order valence-corrected chi connectivity index (χ4v) is 5.76. The Bertz CT molecular complexity index is 1600. The first-order valence-corrected chi connectivity index (χ1v) is 13.4. The van der Waals surface area contributed by atoms with E-state index in [1.807, 2.05) is 32.9 Å². The lowest BCUT2D eigenvalue weighted by atomic mass is 9.93. The van der Waals surface area contributed by atoms with Gasteiger partial charge in [-0.25, -0.2) is 4.99 Å². The van der Waals surface area contributed by atoms with Crippen LogP contribution in [0.3, 0.4) is 0 Å². The lowest BCUT2D eigenvalue weighted by Crippen LogP contribution is -2.43. The number of ether oxygens (including phenoxy) is 4. The first kappa shape index (κ1) is 28.0. The number of methoxy groups -OCH3 is 4. The van der Waals surface area contributed by atoms with Crippen molar-refractivity contribution in [1.29, 1.82) is 0 Å². The van der Waals surface area contributed by atoms with Crippen molar-refractivity contribution in [1.82, 2.24) is 9.47 Å². The van der Waals surface area contributed by atoms with E-state index < -0.39 is 6.04 Å². The monoisotopic (exact) mass is 551 g/mol. The van der Waals surface area contributed by atoms with E-state index in [1.54, 1.807) is 68.2 Å². The van der Waals surface area contributed by atoms with Gasteiger partial charge in [-0.2, -0.15) is 0 Å². The Morgan fingerprint density at radius 3 is 2.26 bits per heavy atom. The summed E-state index contributed by atoms with van der Waals surface area (Å²) in [6.45, 7) is 6.71. The molecule has 10 heteroatoms. The number of nitrogens with zero attached hydrogens (tertiary/aromatic N) is 3. The number of carbonyl (C=O) groups is 1. The van der Waals surface area contributed by atoms with Crippen LogP contribution in [-0.2, 0) is 4.79 Å². The van der Waals surface area contributed by atoms with Crippen LogP contribution in [0.4, 0.5) is 0 Å². The van der Waals surface area contributed by atoms with Crippen LogP contribution in [0.1, 0.15) is 37.9 Å². The molecular formula is C29H33N3O6S. The number of benzene rings is 2. The molecule has 0 bridgehead atoms. The van der Waals surface area contributed by atoms with Crippen LogP contribution < -0.4 is 33.8 Å². The second-order valence-corrected chi connectivity index (χ2v) is 9.79. The van der Waals surface area contributed by atoms with Crippen molar-refractivity contribution in [2.45, 2.75) is 26.8 Å². The molecule has 9 nitrogen and oxygen atoms in total. The van der Waals surface area contributed by atoms with E-state index in [-0.39, 0.29) is 11.5 Å². The fraction of sp³-hybridized carbons (Fsp3) is 0.345. The molecule has 206 valence electrons. The minimum Gasteiger partial charge on any atom is -0.497 e. The third-order valence-electron chi connectivity index (χ3n) is 6.74. The Labute approximate surface area is 231 Å². The molecule has 3 aromatic rings. The number of amides is 1. The molecular weight excluding hydrogens is 518 g/mol. The second kappa shape index (κ2) is 11.8. The van der Waals surface area contributed by atoms with Gasteiger partial charge in [-0.15, -0.1) is 0 Å². The summed E-state index contributed by atoms with van der Waals surface area (Å²) in [6, 6.07) is 10.1. The molecule has 1 unspecified atom stereocenters. The van der Waals surface area contributed by atoms with Crippen LogP contribution >= 0.6 is 11.3 Å². The lowest BCUT2D eigenvalue weighted by molar-refractivity contribution is -0.127. The second-order valence-electron chi connectivity index (χ2n) is 8.78. The summed E-state index contributed by atoms with van der Waals surface area (Å²) in [5.74, 6) is 2.10. The van der Waals surface area contributed by atoms with Gasteiger partial charge in [0.2, 0.25) is 0 Å². The highest BCUT2D eigenvalue weighted by Crippen LogP contribution is 2.38. The van der Waals surface area contributed by atoms with Gasteiger partial charge in [0.15, 0.2) is 16.3 Å². The van der Waals surface area contributed by atoms with E-state index in [9.17, 15) is 9.59 Å². The fourth-order valence-electron chi connectivity index (χ4n) is 4.72. The molecule has 1 amide bonds. The van der Waals surface area contributed by atoms with Crippen molar-refractivity contribution in [2.24, 2.45) is 4.99 Å². The number of hydrogen-bond acceptors (Lipinski definition) is 8. The Hall–Kier alpha value is -4.05. The summed E-state index contributed by atoms with van der Waals surface area (Å²) >= 11 is 1.26. The van der Waals surface area contributed by atoms with Crippen molar-refractivity contribution >= 4 is 23.3 Å². The summed E-state index contributed by atoms with van der Waals surface area (Å²) in [6.07, 6.45) is 1.79. The first-order valence-electron chi connectivity index (χ1n) is 12.6. The SMILES string of the molecule is CCN(CC)C(=O)C1=C(C)N=c2s/c(=C\c3ccc(OC)c(OC)c3)c(=O)n2C1c1cc(OC)ccc1OC. The Morgan fingerprint density at radius 1 is 0.974 bits per heavy atom. The molecule has 0 aliphatic carbocycles. The summed E-state index contributed by atoms with van der Waals surface area (Å²) in [7, 11) is 6.27. The number of rotatable bonds is 9. The normalized spacial score (nSPS) is 14.9. The first-order chi connectivity index (χ1) is 18.8. The zero-order valence-corrected chi connectivity index (χ0v) is 24.0. The maximum Gasteiger partial charge on any atom is 0.271 e. The number of likely N-dealkylation sites (N-methyl/N-ethyl adjacent to an activating group) is 1. The molecule has 1 aliphatic heterocycles. The molecule has 39 heavy (non-hydrogen) atoms. The van der Waals surface area contributed by atoms with Crippen molar-refractivity contribution in [3.05, 3.63) is 78.5 Å². The largest absolute Gasteiger partial charge is 0.497 e. The highest BCUT2D eigenvalue weighted by Gasteiger charge is 2.36. The number of fused-ring (bicyclic) bond motifs is 1. The average molecular weight is 552 g/mol. The molecule has 4 rings (SSSR count). The van der Waals surface area contributed by atoms with Crippen molar-refractivity contribution in [2.75, 3.05) is 41.5 Å². The summed E-state index contributed by atoms with van der Waals surface area (Å²) in [5.41, 5.74) is 2.13. The molecule has 1 atom stereocenters. The molecule has 0 fully saturated rings. The van der Waals surface area contributed by atoms with Crippen LogP contribution in [0, 0.1) is 0 Å². The van der Waals surface area contributed by atoms with Gasteiger partial charge in [0.1, 0.15) is 17.5 Å². The van der Waals surface area contributed by atoms with Gasteiger partial charge in [0.05, 0.1) is 44.2 Å².